The topological polar surface area (TPSA) is 144 Å². The van der Waals surface area contributed by atoms with Crippen molar-refractivity contribution in [2.45, 2.75) is 155 Å². The van der Waals surface area contributed by atoms with Crippen molar-refractivity contribution in [1.29, 1.82) is 0 Å². The van der Waals surface area contributed by atoms with Crippen LogP contribution in [-0.2, 0) is 47.6 Å². The van der Waals surface area contributed by atoms with Crippen molar-refractivity contribution in [3.05, 3.63) is 0 Å². The van der Waals surface area contributed by atoms with E-state index >= 15 is 0 Å². The van der Waals surface area contributed by atoms with Gasteiger partial charge in [0.25, 0.3) is 0 Å². The number of methoxy groups -OCH3 is 2. The van der Waals surface area contributed by atoms with E-state index in [0.717, 1.165) is 0 Å². The molecular weight excluding hydrogens is 692 g/mol. The fraction of sp³-hybridized carbons (Fsp3) is 0.907. The molecule has 0 aliphatic heterocycles. The summed E-state index contributed by atoms with van der Waals surface area (Å²) in [6.07, 6.45) is 7.88. The number of hydrogen-bond donors (Lipinski definition) is 1. The lowest BCUT2D eigenvalue weighted by Crippen LogP contribution is -2.25. The summed E-state index contributed by atoms with van der Waals surface area (Å²) >= 11 is 0. The number of ketones is 3. The number of ether oxygens (including phenoxy) is 6. The molecule has 0 aliphatic rings. The van der Waals surface area contributed by atoms with Gasteiger partial charge in [0.15, 0.2) is 5.78 Å². The van der Waals surface area contributed by atoms with Gasteiger partial charge in [-0.1, -0.05) is 130 Å². The van der Waals surface area contributed by atoms with Gasteiger partial charge in [0.05, 0.1) is 65.9 Å². The molecule has 0 aliphatic carbocycles. The lowest BCUT2D eigenvalue weighted by Gasteiger charge is -2.17. The summed E-state index contributed by atoms with van der Waals surface area (Å²) in [7, 11) is 3.23. The minimum absolute atomic E-state index is 0.00249. The Hall–Kier alpha value is -1.76. The fourth-order valence-corrected chi connectivity index (χ4v) is 3.41. The van der Waals surface area contributed by atoms with Gasteiger partial charge in [-0.2, -0.15) is 0 Å². The van der Waals surface area contributed by atoms with E-state index in [1.54, 1.807) is 14.2 Å². The van der Waals surface area contributed by atoms with E-state index < -0.39 is 5.97 Å². The Balaban J connectivity index is -0.000000198. The van der Waals surface area contributed by atoms with Gasteiger partial charge in [-0.25, -0.2) is 0 Å². The van der Waals surface area contributed by atoms with Crippen molar-refractivity contribution in [1.82, 2.24) is 0 Å². The summed E-state index contributed by atoms with van der Waals surface area (Å²) in [6.45, 7) is 34.5. The second-order valence-electron chi connectivity index (χ2n) is 16.9. The Morgan fingerprint density at radius 3 is 1.13 bits per heavy atom. The SMILES string of the molecule is CC.CC(C)(C)C(=O)CCOCCOCCC(=O)O.CCCCCCC(C)(C)C.COCCOCC(=O)C(C)(C)C.COCCOCCC(=O)C(C)(C)C. The highest BCUT2D eigenvalue weighted by Gasteiger charge is 2.22. The van der Waals surface area contributed by atoms with E-state index in [0.29, 0.717) is 71.1 Å². The summed E-state index contributed by atoms with van der Waals surface area (Å²) in [5, 5.41) is 8.34. The van der Waals surface area contributed by atoms with Gasteiger partial charge >= 0.3 is 5.97 Å². The average Bonchev–Trinajstić information content (AvgIpc) is 3.06. The first-order chi connectivity index (χ1) is 24.9. The molecule has 1 N–H and O–H groups in total. The normalized spacial score (nSPS) is 11.4. The van der Waals surface area contributed by atoms with E-state index in [4.69, 9.17) is 33.5 Å². The van der Waals surface area contributed by atoms with Crippen LogP contribution in [0, 0.1) is 21.7 Å². The van der Waals surface area contributed by atoms with Crippen LogP contribution in [0.2, 0.25) is 0 Å². The number of carboxylic acid groups (broad SMARTS) is 1. The summed E-state index contributed by atoms with van der Waals surface area (Å²) in [6, 6.07) is 0. The van der Waals surface area contributed by atoms with Crippen LogP contribution < -0.4 is 0 Å². The van der Waals surface area contributed by atoms with Gasteiger partial charge in [0.1, 0.15) is 18.2 Å². The molecule has 11 heteroatoms. The van der Waals surface area contributed by atoms with Crippen molar-refractivity contribution in [2.24, 2.45) is 21.7 Å². The van der Waals surface area contributed by atoms with E-state index in [1.165, 1.54) is 32.1 Å². The second-order valence-corrected chi connectivity index (χ2v) is 16.9. The molecule has 0 atom stereocenters. The number of rotatable bonds is 24. The monoisotopic (exact) mass is 781 g/mol. The zero-order valence-corrected chi connectivity index (χ0v) is 38.3. The first-order valence-corrected chi connectivity index (χ1v) is 20.0. The molecular formula is C43H88O11. The highest BCUT2D eigenvalue weighted by Crippen LogP contribution is 2.22. The highest BCUT2D eigenvalue weighted by molar-refractivity contribution is 5.85. The molecule has 0 aromatic rings. The van der Waals surface area contributed by atoms with Crippen molar-refractivity contribution in [3.63, 3.8) is 0 Å². The standard InChI is InChI=1S/C12H22O5.C10H20O3.C10H22.C9H18O3.C2H6/c1-12(2,3)10(13)4-6-16-8-9-17-7-5-11(14)15;1-10(2,3)9(11)5-6-13-8-7-12-4;1-5-6-7-8-9-10(2,3)4;1-9(2,3)8(10)7-12-6-5-11-4;1-2/h4-9H2,1-3H3,(H,14,15);5-8H2,1-4H3;5-9H2,1-4H3;5-7H2,1-4H3;1-2H3. The van der Waals surface area contributed by atoms with E-state index in [2.05, 4.69) is 27.7 Å². The molecule has 0 radical (unpaired) electrons. The molecule has 0 rings (SSSR count). The molecule has 11 nitrogen and oxygen atoms in total. The zero-order valence-electron chi connectivity index (χ0n) is 38.3. The third kappa shape index (κ3) is 54.6. The molecule has 0 spiro atoms. The number of carbonyl (C=O) groups excluding carboxylic acids is 3. The average molecular weight is 781 g/mol. The Morgan fingerprint density at radius 2 is 0.815 bits per heavy atom. The van der Waals surface area contributed by atoms with Gasteiger partial charge in [0, 0.05) is 43.3 Å². The Kier molecular flexibility index (Phi) is 43.4. The van der Waals surface area contributed by atoms with Crippen LogP contribution in [-0.4, -0.2) is 109 Å². The molecule has 0 fully saturated rings. The number of unbranched alkanes of at least 4 members (excludes halogenated alkanes) is 3. The summed E-state index contributed by atoms with van der Waals surface area (Å²) < 4.78 is 30.1. The van der Waals surface area contributed by atoms with Crippen LogP contribution in [0.15, 0.2) is 0 Å². The molecule has 0 saturated heterocycles. The maximum Gasteiger partial charge on any atom is 0.305 e. The third-order valence-corrected chi connectivity index (χ3v) is 7.17. The first kappa shape index (κ1) is 61.5. The smallest absolute Gasteiger partial charge is 0.305 e. The van der Waals surface area contributed by atoms with Crippen molar-refractivity contribution < 1.29 is 52.7 Å². The van der Waals surface area contributed by atoms with E-state index in [-0.39, 0.29) is 53.2 Å². The number of Topliss-reactive ketones (excluding diaryl/α,β-unsaturated/α-hetero) is 3. The maximum absolute atomic E-state index is 11.5. The number of hydrogen-bond acceptors (Lipinski definition) is 10. The molecule has 0 aromatic heterocycles. The van der Waals surface area contributed by atoms with Crippen molar-refractivity contribution >= 4 is 23.3 Å². The lowest BCUT2D eigenvalue weighted by molar-refractivity contribution is -0.138. The molecule has 326 valence electrons. The molecule has 0 unspecified atom stereocenters. The van der Waals surface area contributed by atoms with Gasteiger partial charge in [0.2, 0.25) is 0 Å². The minimum atomic E-state index is -0.873. The predicted molar refractivity (Wildman–Crippen MR) is 221 cm³/mol. The summed E-state index contributed by atoms with van der Waals surface area (Å²) in [5.74, 6) is -0.338. The zero-order chi connectivity index (χ0) is 43.3. The molecule has 0 saturated carbocycles. The van der Waals surface area contributed by atoms with Crippen LogP contribution in [0.25, 0.3) is 0 Å². The van der Waals surface area contributed by atoms with Gasteiger partial charge < -0.3 is 33.5 Å². The molecule has 0 amide bonds. The van der Waals surface area contributed by atoms with Crippen molar-refractivity contribution in [2.75, 3.05) is 80.3 Å². The fourth-order valence-electron chi connectivity index (χ4n) is 3.41. The van der Waals surface area contributed by atoms with Crippen LogP contribution in [0.4, 0.5) is 0 Å². The Bertz CT molecular complexity index is 874. The third-order valence-electron chi connectivity index (χ3n) is 7.17. The molecule has 0 bridgehead atoms. The van der Waals surface area contributed by atoms with Gasteiger partial charge in [-0.05, 0) is 11.8 Å². The number of aliphatic carboxylic acids is 1. The Labute approximate surface area is 332 Å². The van der Waals surface area contributed by atoms with E-state index in [9.17, 15) is 19.2 Å². The predicted octanol–water partition coefficient (Wildman–Crippen LogP) is 9.45. The van der Waals surface area contributed by atoms with E-state index in [1.807, 2.05) is 76.2 Å². The highest BCUT2D eigenvalue weighted by atomic mass is 16.5. The second kappa shape index (κ2) is 38.1. The number of carbonyl (C=O) groups is 4. The van der Waals surface area contributed by atoms with Crippen molar-refractivity contribution in [3.8, 4) is 0 Å². The quantitative estimate of drug-likeness (QED) is 0.0936. The van der Waals surface area contributed by atoms with Crippen LogP contribution in [0.3, 0.4) is 0 Å². The van der Waals surface area contributed by atoms with Gasteiger partial charge in [-0.15, -0.1) is 0 Å². The summed E-state index contributed by atoms with van der Waals surface area (Å²) in [5.41, 5.74) is -0.313. The maximum atomic E-state index is 11.5. The van der Waals surface area contributed by atoms with Crippen LogP contribution in [0.5, 0.6) is 0 Å². The lowest BCUT2D eigenvalue weighted by atomic mass is 9.89. The summed E-state index contributed by atoms with van der Waals surface area (Å²) in [4.78, 5) is 44.3. The Morgan fingerprint density at radius 1 is 0.463 bits per heavy atom. The molecule has 0 aromatic carbocycles. The van der Waals surface area contributed by atoms with Crippen LogP contribution in [0.1, 0.15) is 155 Å². The minimum Gasteiger partial charge on any atom is -0.481 e. The molecule has 0 heterocycles. The van der Waals surface area contributed by atoms with Crippen LogP contribution >= 0.6 is 0 Å². The largest absolute Gasteiger partial charge is 0.481 e. The first-order valence-electron chi connectivity index (χ1n) is 20.0. The number of carboxylic acids is 1. The molecule has 54 heavy (non-hydrogen) atoms. The van der Waals surface area contributed by atoms with Gasteiger partial charge in [-0.3, -0.25) is 19.2 Å².